The van der Waals surface area contributed by atoms with E-state index >= 15 is 0 Å². The number of H-pyrrole nitrogens is 1. The lowest BCUT2D eigenvalue weighted by Gasteiger charge is -2.37. The molecule has 1 unspecified atom stereocenters. The number of benzene rings is 3. The molecule has 1 aromatic heterocycles. The van der Waals surface area contributed by atoms with Crippen LogP contribution >= 0.6 is 0 Å². The molecule has 4 aromatic rings. The van der Waals surface area contributed by atoms with Crippen LogP contribution in [0.15, 0.2) is 66.7 Å². The van der Waals surface area contributed by atoms with Gasteiger partial charge in [0.1, 0.15) is 23.8 Å². The number of halogens is 2. The molecule has 4 fully saturated rings. The number of nitrogens with zero attached hydrogens (tertiary/aromatic N) is 3. The van der Waals surface area contributed by atoms with E-state index in [1.54, 1.807) is 12.1 Å². The number of hydrogen-bond donors (Lipinski definition) is 5. The highest BCUT2D eigenvalue weighted by atomic mass is 19.3. The minimum Gasteiger partial charge on any atom is -0.370 e. The van der Waals surface area contributed by atoms with Gasteiger partial charge >= 0.3 is 0 Å². The summed E-state index contributed by atoms with van der Waals surface area (Å²) in [6, 6.07) is 13.9. The maximum Gasteiger partial charge on any atom is 0.270 e. The van der Waals surface area contributed by atoms with Crippen molar-refractivity contribution in [3.8, 4) is 11.8 Å². The minimum absolute atomic E-state index is 0.0380. The predicted molar refractivity (Wildman–Crippen MR) is 294 cm³/mol. The van der Waals surface area contributed by atoms with Gasteiger partial charge < -0.3 is 36.1 Å². The second-order valence-corrected chi connectivity index (χ2v) is 23.1. The molecule has 81 heavy (non-hydrogen) atoms. The highest BCUT2D eigenvalue weighted by Crippen LogP contribution is 2.42. The number of ketones is 1. The maximum atomic E-state index is 14.8. The third-order valence-electron chi connectivity index (χ3n) is 17.7. The molecule has 426 valence electrons. The molecule has 5 aliphatic heterocycles. The molecule has 8 amide bonds. The van der Waals surface area contributed by atoms with Crippen LogP contribution in [-0.4, -0.2) is 110 Å². The molecule has 6 atom stereocenters. The molecular formula is C62H70F2N8O9. The van der Waals surface area contributed by atoms with Crippen LogP contribution < -0.4 is 21.7 Å². The first-order chi connectivity index (χ1) is 38.9. The summed E-state index contributed by atoms with van der Waals surface area (Å²) in [5.74, 6) is -0.730. The molecular weight excluding hydrogens is 1040 g/mol. The number of hydrogen-bond acceptors (Lipinski definition) is 9. The van der Waals surface area contributed by atoms with E-state index in [-0.39, 0.29) is 92.2 Å². The van der Waals surface area contributed by atoms with Crippen LogP contribution in [0.2, 0.25) is 0 Å². The number of unbranched alkanes of at least 4 members (excludes halogenated alkanes) is 1. The molecule has 10 rings (SSSR count). The molecule has 0 spiro atoms. The highest BCUT2D eigenvalue weighted by molar-refractivity contribution is 6.06. The topological polar surface area (TPSA) is 241 Å². The van der Waals surface area contributed by atoms with Crippen molar-refractivity contribution in [3.05, 3.63) is 106 Å². The smallest absolute Gasteiger partial charge is 0.270 e. The summed E-state index contributed by atoms with van der Waals surface area (Å²) in [5.41, 5.74) is 9.63. The Labute approximate surface area is 469 Å². The standard InChI is InChI=1S/C62H70F2N8O9/c1-62(63,64)41-19-20-46-40(31-41)33-48(66-46)56(76)68-49-32-39-15-8-9-17-42(39)50-22-23-52(72(50)61(49)81)58(78)67-47(21-25-54(65)74)53(73)34-44(37-12-6-3-7-13-37)59(79)70-29-27-36(28-30-70)11-4-2-5-14-38-16-10-18-43-45(38)35-71(60(43)80)51-24-26-55(75)69-57(51)77/h8-10,15-20,31,33,36-37,44,47,49-52,66H,2-4,6-7,11-13,21-30,32,34-35H2,1H3,(H2,65,74)(H,67,78)(H,68,76)(H,69,75,77)/t44-,47-,49-,50+,51?,52-/m0/s1. The number of nitrogens with one attached hydrogen (secondary N) is 4. The molecule has 6 N–H and O–H groups in total. The summed E-state index contributed by atoms with van der Waals surface area (Å²) in [6.07, 6.45) is 9.31. The Morgan fingerprint density at radius 2 is 1.65 bits per heavy atom. The van der Waals surface area contributed by atoms with Gasteiger partial charge in [0.15, 0.2) is 5.78 Å². The summed E-state index contributed by atoms with van der Waals surface area (Å²) in [5, 5.41) is 8.51. The Balaban J connectivity index is 0.769. The van der Waals surface area contributed by atoms with Gasteiger partial charge in [0, 0.05) is 92.2 Å². The fourth-order valence-corrected chi connectivity index (χ4v) is 13.3. The first kappa shape index (κ1) is 56.5. The van der Waals surface area contributed by atoms with E-state index in [9.17, 15) is 51.9 Å². The lowest BCUT2D eigenvalue weighted by Crippen LogP contribution is -2.55. The normalized spacial score (nSPS) is 22.2. The number of alkyl halides is 2. The molecule has 6 aliphatic rings. The number of imide groups is 1. The number of fused-ring (bicyclic) bond motifs is 5. The van der Waals surface area contributed by atoms with Gasteiger partial charge in [-0.15, -0.1) is 0 Å². The number of amides is 8. The van der Waals surface area contributed by atoms with Crippen molar-refractivity contribution in [2.24, 2.45) is 23.5 Å². The van der Waals surface area contributed by atoms with Gasteiger partial charge in [0.2, 0.25) is 35.4 Å². The first-order valence-electron chi connectivity index (χ1n) is 28.8. The number of aromatic nitrogens is 1. The molecule has 0 radical (unpaired) electrons. The summed E-state index contributed by atoms with van der Waals surface area (Å²) in [7, 11) is 0. The van der Waals surface area contributed by atoms with E-state index in [1.807, 2.05) is 35.2 Å². The number of primary amides is 1. The first-order valence-corrected chi connectivity index (χ1v) is 28.8. The van der Waals surface area contributed by atoms with Crippen molar-refractivity contribution < 1.29 is 51.9 Å². The maximum absolute atomic E-state index is 14.8. The molecule has 3 saturated heterocycles. The minimum atomic E-state index is -3.09. The van der Waals surface area contributed by atoms with E-state index in [0.29, 0.717) is 48.3 Å². The summed E-state index contributed by atoms with van der Waals surface area (Å²) >= 11 is 0. The molecule has 6 heterocycles. The largest absolute Gasteiger partial charge is 0.370 e. The van der Waals surface area contributed by atoms with Crippen molar-refractivity contribution in [2.75, 3.05) is 13.1 Å². The number of likely N-dealkylation sites (tertiary alicyclic amines) is 1. The zero-order valence-electron chi connectivity index (χ0n) is 45.7. The van der Waals surface area contributed by atoms with Crippen LogP contribution in [0.25, 0.3) is 10.9 Å². The summed E-state index contributed by atoms with van der Waals surface area (Å²) in [4.78, 5) is 130. The average molecular weight is 1110 g/mol. The van der Waals surface area contributed by atoms with Crippen LogP contribution in [0.3, 0.4) is 0 Å². The van der Waals surface area contributed by atoms with Crippen LogP contribution in [0.1, 0.15) is 171 Å². The Morgan fingerprint density at radius 3 is 2.41 bits per heavy atom. The average Bonchev–Trinajstić information content (AvgIpc) is 4.25. The van der Waals surface area contributed by atoms with E-state index in [1.165, 1.54) is 34.1 Å². The number of Topliss-reactive ketones (excluding diaryl/α,β-unsaturated/α-hetero) is 1. The summed E-state index contributed by atoms with van der Waals surface area (Å²) < 4.78 is 28.3. The monoisotopic (exact) mass is 1110 g/mol. The second kappa shape index (κ2) is 24.1. The molecule has 19 heteroatoms. The fourth-order valence-electron chi connectivity index (χ4n) is 13.3. The van der Waals surface area contributed by atoms with Gasteiger partial charge in [0.05, 0.1) is 12.1 Å². The number of piperidine rings is 2. The van der Waals surface area contributed by atoms with E-state index in [0.717, 1.165) is 87.0 Å². The van der Waals surface area contributed by atoms with Gasteiger partial charge in [-0.25, -0.2) is 8.78 Å². The Kier molecular flexibility index (Phi) is 16.8. The second-order valence-electron chi connectivity index (χ2n) is 23.1. The van der Waals surface area contributed by atoms with Crippen LogP contribution in [0.5, 0.6) is 0 Å². The highest BCUT2D eigenvalue weighted by Gasteiger charge is 2.48. The van der Waals surface area contributed by atoms with E-state index in [2.05, 4.69) is 32.8 Å². The van der Waals surface area contributed by atoms with Gasteiger partial charge in [-0.2, -0.15) is 0 Å². The Bertz CT molecular complexity index is 3220. The lowest BCUT2D eigenvalue weighted by molar-refractivity contribution is -0.144. The van der Waals surface area contributed by atoms with Crippen molar-refractivity contribution in [2.45, 2.75) is 165 Å². The molecule has 17 nitrogen and oxygen atoms in total. The van der Waals surface area contributed by atoms with Gasteiger partial charge in [0.25, 0.3) is 17.7 Å². The molecule has 3 aromatic carbocycles. The van der Waals surface area contributed by atoms with Crippen molar-refractivity contribution in [1.29, 1.82) is 0 Å². The van der Waals surface area contributed by atoms with E-state index in [4.69, 9.17) is 5.73 Å². The SMILES string of the molecule is CC(F)(F)c1ccc2[nH]c(C(=O)N[C@H]3Cc4ccccc4[C@H]4CC[C@@H](C(=O)N[C@@H](CCC(N)=O)C(=O)C[C@H](C(=O)N5CCC(CCCC#Cc6cccc7c6CN(C6CCC(=O)NC6=O)C7=O)CC5)C5CCCCC5)N4C3=O)cc2c1. The number of nitrogens with two attached hydrogens (primary N) is 1. The third kappa shape index (κ3) is 12.4. The fraction of sp³-hybridized carbons (Fsp3) is 0.500. The zero-order chi connectivity index (χ0) is 57.1. The predicted octanol–water partition coefficient (Wildman–Crippen LogP) is 6.79. The van der Waals surface area contributed by atoms with Gasteiger partial charge in [-0.1, -0.05) is 67.5 Å². The third-order valence-corrected chi connectivity index (χ3v) is 17.7. The van der Waals surface area contributed by atoms with Crippen LogP contribution in [0, 0.1) is 29.6 Å². The summed E-state index contributed by atoms with van der Waals surface area (Å²) in [6.45, 7) is 2.14. The van der Waals surface area contributed by atoms with Crippen LogP contribution in [-0.2, 0) is 52.4 Å². The number of aromatic amines is 1. The Hall–Kier alpha value is -7.75. The van der Waals surface area contributed by atoms with Gasteiger partial charge in [-0.05, 0) is 123 Å². The van der Waals surface area contributed by atoms with E-state index < -0.39 is 71.6 Å². The van der Waals surface area contributed by atoms with Gasteiger partial charge in [-0.3, -0.25) is 48.5 Å². The van der Waals surface area contributed by atoms with Crippen molar-refractivity contribution >= 4 is 63.9 Å². The van der Waals surface area contributed by atoms with Crippen LogP contribution in [0.4, 0.5) is 8.78 Å². The van der Waals surface area contributed by atoms with Crippen molar-refractivity contribution in [1.82, 2.24) is 35.6 Å². The molecule has 1 aliphatic carbocycles. The molecule has 1 saturated carbocycles. The molecule has 0 bridgehead atoms. The zero-order valence-corrected chi connectivity index (χ0v) is 45.7. The quantitative estimate of drug-likeness (QED) is 0.0424. The van der Waals surface area contributed by atoms with Crippen molar-refractivity contribution in [3.63, 3.8) is 0 Å². The lowest BCUT2D eigenvalue weighted by atomic mass is 9.76. The number of carbonyl (C=O) groups is 9. The number of carbonyl (C=O) groups excluding carboxylic acids is 9. The Morgan fingerprint density at radius 1 is 0.877 bits per heavy atom. The number of rotatable bonds is 17.